The first-order valence-corrected chi connectivity index (χ1v) is 7.17. The predicted octanol–water partition coefficient (Wildman–Crippen LogP) is 1.74. The van der Waals surface area contributed by atoms with E-state index in [0.717, 1.165) is 4.47 Å². The highest BCUT2D eigenvalue weighted by atomic mass is 79.9. The van der Waals surface area contributed by atoms with Crippen LogP contribution in [0.3, 0.4) is 0 Å². The largest absolute Gasteiger partial charge is 0.377 e. The molecule has 1 amide bonds. The van der Waals surface area contributed by atoms with E-state index in [2.05, 4.69) is 26.0 Å². The fourth-order valence-electron chi connectivity index (χ4n) is 2.38. The van der Waals surface area contributed by atoms with Gasteiger partial charge < -0.3 is 9.64 Å². The third kappa shape index (κ3) is 2.20. The van der Waals surface area contributed by atoms with Crippen LogP contribution >= 0.6 is 15.9 Å². The molecule has 0 atom stereocenters. The van der Waals surface area contributed by atoms with Crippen LogP contribution in [0.4, 0.5) is 0 Å². The zero-order valence-corrected chi connectivity index (χ0v) is 12.9. The monoisotopic (exact) mass is 338 g/mol. The number of fused-ring (bicyclic) bond motifs is 1. The van der Waals surface area contributed by atoms with Gasteiger partial charge in [-0.2, -0.15) is 5.10 Å². The van der Waals surface area contributed by atoms with Crippen molar-refractivity contribution in [3.63, 3.8) is 0 Å². The molecule has 1 fully saturated rings. The summed E-state index contributed by atoms with van der Waals surface area (Å²) in [5, 5.41) is 4.19. The van der Waals surface area contributed by atoms with Gasteiger partial charge in [0, 0.05) is 18.9 Å². The Morgan fingerprint density at radius 2 is 2.25 bits per heavy atom. The number of nitrogens with zero attached hydrogens (tertiary/aromatic N) is 4. The highest BCUT2D eigenvalue weighted by Crippen LogP contribution is 2.23. The van der Waals surface area contributed by atoms with E-state index in [1.165, 1.54) is 0 Å². The molecule has 7 heteroatoms. The molecule has 0 aromatic carbocycles. The number of hydrogen-bond acceptors (Lipinski definition) is 4. The molecule has 0 bridgehead atoms. The van der Waals surface area contributed by atoms with Gasteiger partial charge in [-0.3, -0.25) is 4.79 Å². The minimum Gasteiger partial charge on any atom is -0.377 e. The van der Waals surface area contributed by atoms with Crippen LogP contribution in [0.5, 0.6) is 0 Å². The lowest BCUT2D eigenvalue weighted by Crippen LogP contribution is -2.55. The molecule has 1 aliphatic rings. The Morgan fingerprint density at radius 1 is 1.45 bits per heavy atom. The summed E-state index contributed by atoms with van der Waals surface area (Å²) in [5.74, 6) is -0.0527. The second-order valence-electron chi connectivity index (χ2n) is 5.42. The van der Waals surface area contributed by atoms with Crippen molar-refractivity contribution < 1.29 is 9.53 Å². The Bertz CT molecular complexity index is 667. The molecule has 0 aliphatic carbocycles. The Labute approximate surface area is 124 Å². The summed E-state index contributed by atoms with van der Waals surface area (Å²) in [7, 11) is 0. The number of amides is 1. The second kappa shape index (κ2) is 4.82. The van der Waals surface area contributed by atoms with Crippen molar-refractivity contribution in [1.29, 1.82) is 0 Å². The van der Waals surface area contributed by atoms with Gasteiger partial charge in [-0.05, 0) is 29.8 Å². The number of carbonyl (C=O) groups excluding carboxylic acids is 1. The molecule has 6 nitrogen and oxygen atoms in total. The molecule has 0 N–H and O–H groups in total. The zero-order valence-electron chi connectivity index (χ0n) is 11.3. The van der Waals surface area contributed by atoms with Gasteiger partial charge >= 0.3 is 0 Å². The fourth-order valence-corrected chi connectivity index (χ4v) is 2.68. The maximum Gasteiger partial charge on any atom is 0.259 e. The van der Waals surface area contributed by atoms with Gasteiger partial charge in [-0.15, -0.1) is 0 Å². The fraction of sp³-hybridized carbons (Fsp3) is 0.462. The molecule has 2 aromatic rings. The smallest absolute Gasteiger partial charge is 0.259 e. The van der Waals surface area contributed by atoms with Crippen LogP contribution in [-0.2, 0) is 4.74 Å². The third-order valence-corrected chi connectivity index (χ3v) is 3.86. The van der Waals surface area contributed by atoms with Crippen molar-refractivity contribution in [3.8, 4) is 0 Å². The average Bonchev–Trinajstić information content (AvgIpc) is 2.80. The summed E-state index contributed by atoms with van der Waals surface area (Å²) in [5.41, 5.74) is 0.770. The van der Waals surface area contributed by atoms with Crippen molar-refractivity contribution in [2.24, 2.45) is 0 Å². The summed E-state index contributed by atoms with van der Waals surface area (Å²) in [6.07, 6.45) is 5.02. The number of ether oxygens (including phenoxy) is 1. The maximum absolute atomic E-state index is 12.7. The van der Waals surface area contributed by atoms with Crippen molar-refractivity contribution in [2.75, 3.05) is 19.8 Å². The Kier molecular flexibility index (Phi) is 3.25. The van der Waals surface area contributed by atoms with E-state index >= 15 is 0 Å². The molecular formula is C13H15BrN4O2. The van der Waals surface area contributed by atoms with Gasteiger partial charge in [0.1, 0.15) is 5.56 Å². The zero-order chi connectivity index (χ0) is 14.3. The van der Waals surface area contributed by atoms with Crippen LogP contribution in [0.1, 0.15) is 24.2 Å². The quantitative estimate of drug-likeness (QED) is 0.794. The van der Waals surface area contributed by atoms with Crippen LogP contribution in [0.25, 0.3) is 5.65 Å². The number of carbonyl (C=O) groups is 1. The van der Waals surface area contributed by atoms with Gasteiger partial charge in [0.2, 0.25) is 0 Å². The Balaban J connectivity index is 2.00. The highest BCUT2D eigenvalue weighted by molar-refractivity contribution is 9.10. The molecule has 0 radical (unpaired) electrons. The van der Waals surface area contributed by atoms with E-state index in [9.17, 15) is 4.79 Å². The van der Waals surface area contributed by atoms with Crippen molar-refractivity contribution >= 4 is 27.5 Å². The van der Waals surface area contributed by atoms with E-state index in [4.69, 9.17) is 4.74 Å². The summed E-state index contributed by atoms with van der Waals surface area (Å²) >= 11 is 3.34. The molecule has 1 aliphatic heterocycles. The first kappa shape index (κ1) is 13.5. The first-order chi connectivity index (χ1) is 9.49. The van der Waals surface area contributed by atoms with E-state index < -0.39 is 0 Å². The molecule has 106 valence electrons. The molecule has 3 rings (SSSR count). The van der Waals surface area contributed by atoms with Crippen LogP contribution in [-0.4, -0.2) is 50.7 Å². The van der Waals surface area contributed by atoms with Gasteiger partial charge in [0.05, 0.1) is 29.4 Å². The van der Waals surface area contributed by atoms with Crippen molar-refractivity contribution in [2.45, 2.75) is 19.4 Å². The maximum atomic E-state index is 12.7. The van der Waals surface area contributed by atoms with Gasteiger partial charge in [-0.25, -0.2) is 9.50 Å². The lowest BCUT2D eigenvalue weighted by molar-refractivity contribution is -0.0369. The van der Waals surface area contributed by atoms with E-state index in [0.29, 0.717) is 31.0 Å². The summed E-state index contributed by atoms with van der Waals surface area (Å²) in [6.45, 7) is 5.68. The van der Waals surface area contributed by atoms with E-state index in [1.54, 1.807) is 23.1 Å². The van der Waals surface area contributed by atoms with Crippen LogP contribution in [0.2, 0.25) is 0 Å². The van der Waals surface area contributed by atoms with Gasteiger partial charge in [0.25, 0.3) is 5.91 Å². The summed E-state index contributed by atoms with van der Waals surface area (Å²) < 4.78 is 7.87. The summed E-state index contributed by atoms with van der Waals surface area (Å²) in [6, 6.07) is 0. The Hall–Kier alpha value is -1.47. The molecule has 1 saturated heterocycles. The molecule has 0 saturated carbocycles. The normalized spacial score (nSPS) is 18.4. The minimum atomic E-state index is -0.320. The van der Waals surface area contributed by atoms with E-state index in [-0.39, 0.29) is 11.4 Å². The third-order valence-electron chi connectivity index (χ3n) is 3.45. The minimum absolute atomic E-state index is 0.0527. The molecule has 0 spiro atoms. The SMILES string of the molecule is CC1(C)COCCN1C(=O)c1cnn2cc(Br)cnc12. The number of morpholine rings is 1. The molecule has 3 heterocycles. The highest BCUT2D eigenvalue weighted by Gasteiger charge is 2.35. The summed E-state index contributed by atoms with van der Waals surface area (Å²) in [4.78, 5) is 18.9. The van der Waals surface area contributed by atoms with Crippen molar-refractivity contribution in [1.82, 2.24) is 19.5 Å². The number of aromatic nitrogens is 3. The van der Waals surface area contributed by atoms with E-state index in [1.807, 2.05) is 18.7 Å². The first-order valence-electron chi connectivity index (χ1n) is 6.38. The van der Waals surface area contributed by atoms with Crippen LogP contribution in [0, 0.1) is 0 Å². The van der Waals surface area contributed by atoms with Crippen LogP contribution < -0.4 is 0 Å². The lowest BCUT2D eigenvalue weighted by Gasteiger charge is -2.41. The number of rotatable bonds is 1. The molecule has 0 unspecified atom stereocenters. The number of halogens is 1. The van der Waals surface area contributed by atoms with Gasteiger partial charge in [0.15, 0.2) is 5.65 Å². The second-order valence-corrected chi connectivity index (χ2v) is 6.34. The van der Waals surface area contributed by atoms with Crippen molar-refractivity contribution in [3.05, 3.63) is 28.6 Å². The molecule has 2 aromatic heterocycles. The molecular weight excluding hydrogens is 324 g/mol. The lowest BCUT2D eigenvalue weighted by atomic mass is 10.0. The van der Waals surface area contributed by atoms with Gasteiger partial charge in [-0.1, -0.05) is 0 Å². The standard InChI is InChI=1S/C13H15BrN4O2/c1-13(2)8-20-4-3-17(13)12(19)10-6-16-18-7-9(14)5-15-11(10)18/h5-7H,3-4,8H2,1-2H3. The topological polar surface area (TPSA) is 59.7 Å². The molecule has 20 heavy (non-hydrogen) atoms. The average molecular weight is 339 g/mol. The predicted molar refractivity (Wildman–Crippen MR) is 76.6 cm³/mol. The Morgan fingerprint density at radius 3 is 3.00 bits per heavy atom. The number of hydrogen-bond donors (Lipinski definition) is 0. The van der Waals surface area contributed by atoms with Crippen LogP contribution in [0.15, 0.2) is 23.1 Å².